The predicted molar refractivity (Wildman–Crippen MR) is 80.7 cm³/mol. The van der Waals surface area contributed by atoms with Gasteiger partial charge in [-0.05, 0) is 30.4 Å². The lowest BCUT2D eigenvalue weighted by Crippen LogP contribution is -2.28. The molecule has 0 aliphatic heterocycles. The highest BCUT2D eigenvalue weighted by Gasteiger charge is 2.20. The van der Waals surface area contributed by atoms with Gasteiger partial charge in [-0.3, -0.25) is 0 Å². The van der Waals surface area contributed by atoms with E-state index < -0.39 is 0 Å². The van der Waals surface area contributed by atoms with Gasteiger partial charge < -0.3 is 5.32 Å². The number of rotatable bonds is 8. The van der Waals surface area contributed by atoms with Crippen molar-refractivity contribution >= 4 is 0 Å². The molecule has 1 aromatic carbocycles. The van der Waals surface area contributed by atoms with Crippen molar-refractivity contribution in [2.45, 2.75) is 53.0 Å². The summed E-state index contributed by atoms with van der Waals surface area (Å²) in [5, 5.41) is 3.65. The summed E-state index contributed by atoms with van der Waals surface area (Å²) in [5.74, 6) is 1.56. The first kappa shape index (κ1) is 15.2. The lowest BCUT2D eigenvalue weighted by Gasteiger charge is -2.28. The minimum atomic E-state index is 0.497. The van der Waals surface area contributed by atoms with Gasteiger partial charge in [0.1, 0.15) is 0 Å². The largest absolute Gasteiger partial charge is 0.310 e. The minimum Gasteiger partial charge on any atom is -0.310 e. The molecule has 0 heterocycles. The Morgan fingerprint density at radius 3 is 2.11 bits per heavy atom. The molecule has 18 heavy (non-hydrogen) atoms. The zero-order valence-electron chi connectivity index (χ0n) is 12.4. The SMILES string of the molecule is CCNC(c1ccccc1)C(C)CC(CC)CC. The molecular formula is C17H29N. The van der Waals surface area contributed by atoms with Crippen LogP contribution < -0.4 is 5.32 Å². The van der Waals surface area contributed by atoms with Crippen molar-refractivity contribution in [3.63, 3.8) is 0 Å². The molecule has 1 rings (SSSR count). The molecule has 102 valence electrons. The first-order valence-corrected chi connectivity index (χ1v) is 7.51. The second-order valence-electron chi connectivity index (χ2n) is 5.34. The average molecular weight is 247 g/mol. The molecule has 0 saturated carbocycles. The van der Waals surface area contributed by atoms with Crippen LogP contribution in [-0.2, 0) is 0 Å². The Bertz CT molecular complexity index is 303. The van der Waals surface area contributed by atoms with Crippen LogP contribution in [0.3, 0.4) is 0 Å². The van der Waals surface area contributed by atoms with Crippen LogP contribution in [0.25, 0.3) is 0 Å². The maximum absolute atomic E-state index is 3.65. The van der Waals surface area contributed by atoms with E-state index in [1.54, 1.807) is 0 Å². The number of nitrogens with one attached hydrogen (secondary N) is 1. The summed E-state index contributed by atoms with van der Waals surface area (Å²) in [6, 6.07) is 11.4. The normalized spacial score (nSPS) is 14.7. The molecule has 0 saturated heterocycles. The first-order valence-electron chi connectivity index (χ1n) is 7.51. The average Bonchev–Trinajstić information content (AvgIpc) is 2.42. The molecule has 0 spiro atoms. The Morgan fingerprint density at radius 1 is 1.00 bits per heavy atom. The third kappa shape index (κ3) is 4.45. The zero-order chi connectivity index (χ0) is 13.4. The maximum atomic E-state index is 3.65. The van der Waals surface area contributed by atoms with E-state index in [1.807, 2.05) is 0 Å². The highest BCUT2D eigenvalue weighted by molar-refractivity contribution is 5.19. The van der Waals surface area contributed by atoms with Crippen LogP contribution >= 0.6 is 0 Å². The molecular weight excluding hydrogens is 218 g/mol. The molecule has 1 nitrogen and oxygen atoms in total. The second kappa shape index (κ2) is 8.31. The van der Waals surface area contributed by atoms with E-state index in [9.17, 15) is 0 Å². The molecule has 0 fully saturated rings. The Hall–Kier alpha value is -0.820. The van der Waals surface area contributed by atoms with Gasteiger partial charge in [0.15, 0.2) is 0 Å². The van der Waals surface area contributed by atoms with E-state index in [4.69, 9.17) is 0 Å². The van der Waals surface area contributed by atoms with Crippen LogP contribution in [0.4, 0.5) is 0 Å². The Labute approximate surface area is 113 Å². The van der Waals surface area contributed by atoms with Gasteiger partial charge in [0, 0.05) is 6.04 Å². The molecule has 0 amide bonds. The molecule has 1 N–H and O–H groups in total. The summed E-state index contributed by atoms with van der Waals surface area (Å²) in [4.78, 5) is 0. The van der Waals surface area contributed by atoms with Gasteiger partial charge in [-0.15, -0.1) is 0 Å². The van der Waals surface area contributed by atoms with Crippen molar-refractivity contribution < 1.29 is 0 Å². The molecule has 1 heteroatoms. The highest BCUT2D eigenvalue weighted by atomic mass is 14.9. The lowest BCUT2D eigenvalue weighted by molar-refractivity contribution is 0.301. The van der Waals surface area contributed by atoms with E-state index in [2.05, 4.69) is 63.3 Å². The molecule has 0 aliphatic carbocycles. The molecule has 2 atom stereocenters. The van der Waals surface area contributed by atoms with Gasteiger partial charge in [-0.2, -0.15) is 0 Å². The van der Waals surface area contributed by atoms with Crippen molar-refractivity contribution in [3.05, 3.63) is 35.9 Å². The fourth-order valence-corrected chi connectivity index (χ4v) is 2.81. The zero-order valence-corrected chi connectivity index (χ0v) is 12.4. The predicted octanol–water partition coefficient (Wildman–Crippen LogP) is 4.80. The van der Waals surface area contributed by atoms with E-state index in [0.717, 1.165) is 12.5 Å². The van der Waals surface area contributed by atoms with Crippen molar-refractivity contribution in [2.75, 3.05) is 6.54 Å². The van der Waals surface area contributed by atoms with Crippen LogP contribution in [0.1, 0.15) is 58.6 Å². The maximum Gasteiger partial charge on any atom is 0.0346 e. The van der Waals surface area contributed by atoms with Crippen LogP contribution in [0, 0.1) is 11.8 Å². The van der Waals surface area contributed by atoms with Crippen molar-refractivity contribution in [1.82, 2.24) is 5.32 Å². The highest BCUT2D eigenvalue weighted by Crippen LogP contribution is 2.29. The Balaban J connectivity index is 2.72. The Kier molecular flexibility index (Phi) is 7.04. The summed E-state index contributed by atoms with van der Waals surface area (Å²) < 4.78 is 0. The van der Waals surface area contributed by atoms with Gasteiger partial charge in [0.2, 0.25) is 0 Å². The van der Waals surface area contributed by atoms with Crippen molar-refractivity contribution in [3.8, 4) is 0 Å². The summed E-state index contributed by atoms with van der Waals surface area (Å²) in [7, 11) is 0. The second-order valence-corrected chi connectivity index (χ2v) is 5.34. The topological polar surface area (TPSA) is 12.0 Å². The molecule has 0 radical (unpaired) electrons. The summed E-state index contributed by atoms with van der Waals surface area (Å²) in [6.45, 7) is 10.2. The van der Waals surface area contributed by atoms with Crippen LogP contribution in [0.2, 0.25) is 0 Å². The summed E-state index contributed by atoms with van der Waals surface area (Å²) in [6.07, 6.45) is 3.92. The molecule has 0 aromatic heterocycles. The van der Waals surface area contributed by atoms with Gasteiger partial charge in [0.25, 0.3) is 0 Å². The van der Waals surface area contributed by atoms with Gasteiger partial charge in [-0.25, -0.2) is 0 Å². The van der Waals surface area contributed by atoms with Gasteiger partial charge in [0.05, 0.1) is 0 Å². The monoisotopic (exact) mass is 247 g/mol. The fraction of sp³-hybridized carbons (Fsp3) is 0.647. The fourth-order valence-electron chi connectivity index (χ4n) is 2.81. The standard InChI is InChI=1S/C17H29N/c1-5-15(6-2)13-14(4)17(18-7-3)16-11-9-8-10-12-16/h8-12,14-15,17-18H,5-7,13H2,1-4H3. The number of benzene rings is 1. The van der Waals surface area contributed by atoms with Gasteiger partial charge in [-0.1, -0.05) is 70.9 Å². The molecule has 0 aliphatic rings. The third-order valence-electron chi connectivity index (χ3n) is 4.01. The van der Waals surface area contributed by atoms with Crippen LogP contribution in [0.15, 0.2) is 30.3 Å². The van der Waals surface area contributed by atoms with Crippen LogP contribution in [-0.4, -0.2) is 6.54 Å². The number of hydrogen-bond donors (Lipinski definition) is 1. The smallest absolute Gasteiger partial charge is 0.0346 e. The third-order valence-corrected chi connectivity index (χ3v) is 4.01. The van der Waals surface area contributed by atoms with Crippen molar-refractivity contribution in [1.29, 1.82) is 0 Å². The summed E-state index contributed by atoms with van der Waals surface area (Å²) >= 11 is 0. The van der Waals surface area contributed by atoms with E-state index in [0.29, 0.717) is 12.0 Å². The Morgan fingerprint density at radius 2 is 1.61 bits per heavy atom. The van der Waals surface area contributed by atoms with Crippen molar-refractivity contribution in [2.24, 2.45) is 11.8 Å². The quantitative estimate of drug-likeness (QED) is 0.696. The summed E-state index contributed by atoms with van der Waals surface area (Å²) in [5.41, 5.74) is 1.43. The van der Waals surface area contributed by atoms with Crippen LogP contribution in [0.5, 0.6) is 0 Å². The van der Waals surface area contributed by atoms with E-state index in [1.165, 1.54) is 24.8 Å². The molecule has 0 bridgehead atoms. The van der Waals surface area contributed by atoms with E-state index >= 15 is 0 Å². The number of hydrogen-bond acceptors (Lipinski definition) is 1. The first-order chi connectivity index (χ1) is 8.72. The lowest BCUT2D eigenvalue weighted by atomic mass is 9.84. The minimum absolute atomic E-state index is 0.497. The van der Waals surface area contributed by atoms with E-state index in [-0.39, 0.29) is 0 Å². The molecule has 1 aromatic rings. The van der Waals surface area contributed by atoms with Gasteiger partial charge >= 0.3 is 0 Å². The molecule has 2 unspecified atom stereocenters.